The zero-order valence-corrected chi connectivity index (χ0v) is 13.8. The Hall–Kier alpha value is -1.02. The van der Waals surface area contributed by atoms with E-state index in [1.54, 1.807) is 13.2 Å². The number of ether oxygens (including phenoxy) is 1. The maximum atomic E-state index is 13.9. The molecule has 4 nitrogen and oxygen atoms in total. The Morgan fingerprint density at radius 1 is 1.48 bits per heavy atom. The molecule has 3 atom stereocenters. The SMILES string of the molecule is CC(CC1CN(c2c(F)cc(Br)cc2F)C(=O)O1)S(C)=O. The van der Waals surface area contributed by atoms with E-state index in [-0.39, 0.29) is 16.3 Å². The maximum Gasteiger partial charge on any atom is 0.414 e. The molecule has 1 aromatic rings. The molecule has 0 N–H and O–H groups in total. The summed E-state index contributed by atoms with van der Waals surface area (Å²) in [5.41, 5.74) is -0.420. The van der Waals surface area contributed by atoms with Gasteiger partial charge in [0.1, 0.15) is 11.8 Å². The topological polar surface area (TPSA) is 46.6 Å². The predicted molar refractivity (Wildman–Crippen MR) is 79.8 cm³/mol. The highest BCUT2D eigenvalue weighted by atomic mass is 79.9. The van der Waals surface area contributed by atoms with Crippen molar-refractivity contribution in [3.05, 3.63) is 28.2 Å². The van der Waals surface area contributed by atoms with E-state index in [0.717, 1.165) is 17.0 Å². The third-order valence-electron chi connectivity index (χ3n) is 3.29. The van der Waals surface area contributed by atoms with E-state index in [4.69, 9.17) is 4.74 Å². The van der Waals surface area contributed by atoms with Crippen LogP contribution in [-0.4, -0.2) is 34.5 Å². The third kappa shape index (κ3) is 3.60. The highest BCUT2D eigenvalue weighted by Gasteiger charge is 2.36. The quantitative estimate of drug-likeness (QED) is 0.804. The van der Waals surface area contributed by atoms with Crippen LogP contribution in [0.4, 0.5) is 19.3 Å². The summed E-state index contributed by atoms with van der Waals surface area (Å²) >= 11 is 2.98. The van der Waals surface area contributed by atoms with Gasteiger partial charge in [-0.2, -0.15) is 0 Å². The summed E-state index contributed by atoms with van der Waals surface area (Å²) in [5.74, 6) is -1.68. The fourth-order valence-electron chi connectivity index (χ4n) is 2.13. The van der Waals surface area contributed by atoms with Gasteiger partial charge in [-0.25, -0.2) is 13.6 Å². The maximum absolute atomic E-state index is 13.9. The van der Waals surface area contributed by atoms with Crippen LogP contribution in [0.1, 0.15) is 13.3 Å². The van der Waals surface area contributed by atoms with Crippen molar-refractivity contribution in [2.45, 2.75) is 24.7 Å². The number of amides is 1. The fourth-order valence-corrected chi connectivity index (χ4v) is 3.01. The van der Waals surface area contributed by atoms with Gasteiger partial charge in [0, 0.05) is 33.2 Å². The first-order chi connectivity index (χ1) is 9.79. The molecule has 0 radical (unpaired) electrons. The molecule has 1 aliphatic heterocycles. The molecule has 0 aliphatic carbocycles. The van der Waals surface area contributed by atoms with Crippen molar-refractivity contribution in [2.75, 3.05) is 17.7 Å². The molecule has 0 saturated carbocycles. The molecule has 1 aromatic carbocycles. The van der Waals surface area contributed by atoms with Crippen LogP contribution < -0.4 is 4.90 Å². The van der Waals surface area contributed by atoms with Crippen molar-refractivity contribution in [3.8, 4) is 0 Å². The van der Waals surface area contributed by atoms with E-state index < -0.39 is 40.3 Å². The molecule has 0 spiro atoms. The van der Waals surface area contributed by atoms with Gasteiger partial charge in [-0.15, -0.1) is 0 Å². The Morgan fingerprint density at radius 3 is 2.57 bits per heavy atom. The van der Waals surface area contributed by atoms with Crippen molar-refractivity contribution in [1.82, 2.24) is 0 Å². The molecule has 3 unspecified atom stereocenters. The summed E-state index contributed by atoms with van der Waals surface area (Å²) in [7, 11) is -1.05. The number of hydrogen-bond acceptors (Lipinski definition) is 3. The van der Waals surface area contributed by atoms with E-state index in [0.29, 0.717) is 6.42 Å². The molecule has 0 aromatic heterocycles. The Bertz CT molecular complexity index is 576. The lowest BCUT2D eigenvalue weighted by atomic mass is 10.2. The second-order valence-electron chi connectivity index (χ2n) is 4.88. The molecule has 8 heteroatoms. The average molecular weight is 382 g/mol. The van der Waals surface area contributed by atoms with Crippen LogP contribution in [0.3, 0.4) is 0 Å². The monoisotopic (exact) mass is 381 g/mol. The Balaban J connectivity index is 2.19. The Morgan fingerprint density at radius 2 is 2.05 bits per heavy atom. The summed E-state index contributed by atoms with van der Waals surface area (Å²) in [6.45, 7) is 1.81. The molecule has 1 fully saturated rings. The lowest BCUT2D eigenvalue weighted by Gasteiger charge is -2.15. The van der Waals surface area contributed by atoms with Crippen molar-refractivity contribution in [1.29, 1.82) is 0 Å². The Labute approximate surface area is 132 Å². The summed E-state index contributed by atoms with van der Waals surface area (Å²) in [5, 5.41) is -0.164. The van der Waals surface area contributed by atoms with Gasteiger partial charge < -0.3 is 4.74 Å². The Kier molecular flexibility index (Phi) is 4.98. The van der Waals surface area contributed by atoms with E-state index >= 15 is 0 Å². The zero-order chi connectivity index (χ0) is 15.7. The van der Waals surface area contributed by atoms with Crippen molar-refractivity contribution in [3.63, 3.8) is 0 Å². The molecule has 1 aliphatic rings. The average Bonchev–Trinajstić information content (AvgIpc) is 2.68. The first-order valence-corrected chi connectivity index (χ1v) is 8.66. The van der Waals surface area contributed by atoms with Crippen LogP contribution in [0.15, 0.2) is 16.6 Å². The molecule has 1 heterocycles. The summed E-state index contributed by atoms with van der Waals surface area (Å²) < 4.78 is 44.5. The van der Waals surface area contributed by atoms with Crippen molar-refractivity contribution < 1.29 is 22.5 Å². The van der Waals surface area contributed by atoms with Crippen LogP contribution in [-0.2, 0) is 15.5 Å². The molecule has 0 bridgehead atoms. The van der Waals surface area contributed by atoms with Crippen molar-refractivity contribution >= 4 is 38.5 Å². The third-order valence-corrected chi connectivity index (χ3v) is 5.07. The van der Waals surface area contributed by atoms with Gasteiger partial charge >= 0.3 is 6.09 Å². The van der Waals surface area contributed by atoms with E-state index in [1.807, 2.05) is 0 Å². The number of nitrogens with zero attached hydrogens (tertiary/aromatic N) is 1. The number of carbonyl (C=O) groups is 1. The predicted octanol–water partition coefficient (Wildman–Crippen LogP) is 3.21. The van der Waals surface area contributed by atoms with Gasteiger partial charge in [0.2, 0.25) is 0 Å². The second-order valence-corrected chi connectivity index (χ2v) is 7.60. The molecule has 1 amide bonds. The lowest BCUT2D eigenvalue weighted by Crippen LogP contribution is -2.27. The summed E-state index contributed by atoms with van der Waals surface area (Å²) in [4.78, 5) is 12.7. The van der Waals surface area contributed by atoms with Crippen LogP contribution in [0.25, 0.3) is 0 Å². The van der Waals surface area contributed by atoms with Crippen LogP contribution in [0, 0.1) is 11.6 Å². The fraction of sp³-hybridized carbons (Fsp3) is 0.462. The van der Waals surface area contributed by atoms with Crippen LogP contribution in [0.2, 0.25) is 0 Å². The van der Waals surface area contributed by atoms with E-state index in [9.17, 15) is 17.8 Å². The summed E-state index contributed by atoms with van der Waals surface area (Å²) in [6.07, 6.45) is 0.617. The first-order valence-electron chi connectivity index (χ1n) is 6.24. The minimum atomic E-state index is -1.05. The molecular formula is C13H14BrF2NO3S. The minimum Gasteiger partial charge on any atom is -0.444 e. The largest absolute Gasteiger partial charge is 0.444 e. The van der Waals surface area contributed by atoms with Crippen LogP contribution in [0.5, 0.6) is 0 Å². The number of anilines is 1. The normalized spacial score (nSPS) is 21.3. The number of benzene rings is 1. The van der Waals surface area contributed by atoms with Gasteiger partial charge in [-0.1, -0.05) is 22.9 Å². The smallest absolute Gasteiger partial charge is 0.414 e. The minimum absolute atomic E-state index is 0.0375. The summed E-state index contributed by atoms with van der Waals surface area (Å²) in [6, 6.07) is 2.17. The standard InChI is InChI=1S/C13H14BrF2NO3S/c1-7(21(2)19)3-9-6-17(13(18)20-9)12-10(15)4-8(14)5-11(12)16/h4-5,7,9H,3,6H2,1-2H3. The first kappa shape index (κ1) is 16.4. The van der Waals surface area contributed by atoms with Crippen LogP contribution >= 0.6 is 15.9 Å². The van der Waals surface area contributed by atoms with Gasteiger partial charge in [-0.05, 0) is 12.1 Å². The van der Waals surface area contributed by atoms with Crippen molar-refractivity contribution in [2.24, 2.45) is 0 Å². The molecule has 21 heavy (non-hydrogen) atoms. The van der Waals surface area contributed by atoms with Gasteiger partial charge in [-0.3, -0.25) is 9.11 Å². The lowest BCUT2D eigenvalue weighted by molar-refractivity contribution is 0.137. The van der Waals surface area contributed by atoms with Gasteiger partial charge in [0.15, 0.2) is 11.6 Å². The number of rotatable bonds is 4. The second kappa shape index (κ2) is 6.39. The zero-order valence-electron chi connectivity index (χ0n) is 11.4. The van der Waals surface area contributed by atoms with Gasteiger partial charge in [0.25, 0.3) is 0 Å². The number of cyclic esters (lactones) is 1. The van der Waals surface area contributed by atoms with E-state index in [1.165, 1.54) is 0 Å². The number of hydrogen-bond donors (Lipinski definition) is 0. The molecule has 116 valence electrons. The van der Waals surface area contributed by atoms with Gasteiger partial charge in [0.05, 0.1) is 6.54 Å². The molecule has 1 saturated heterocycles. The molecular weight excluding hydrogens is 368 g/mol. The highest BCUT2D eigenvalue weighted by Crippen LogP contribution is 2.31. The van der Waals surface area contributed by atoms with E-state index in [2.05, 4.69) is 15.9 Å². The number of carbonyl (C=O) groups excluding carboxylic acids is 1. The highest BCUT2D eigenvalue weighted by molar-refractivity contribution is 9.10. The number of halogens is 3. The molecule has 2 rings (SSSR count).